The van der Waals surface area contributed by atoms with Gasteiger partial charge in [0.25, 0.3) is 0 Å². The molecule has 0 aromatic carbocycles. The van der Waals surface area contributed by atoms with Gasteiger partial charge in [-0.15, -0.1) is 0 Å². The van der Waals surface area contributed by atoms with Crippen molar-refractivity contribution >= 4 is 5.97 Å². The molecule has 1 unspecified atom stereocenters. The Labute approximate surface area is 109 Å². The molecule has 102 valence electrons. The van der Waals surface area contributed by atoms with Gasteiger partial charge in [0.05, 0.1) is 13.7 Å². The van der Waals surface area contributed by atoms with Crippen molar-refractivity contribution in [2.45, 2.75) is 34.2 Å². The third kappa shape index (κ3) is 4.18. The third-order valence-corrected chi connectivity index (χ3v) is 3.28. The van der Waals surface area contributed by atoms with Crippen molar-refractivity contribution in [3.63, 3.8) is 0 Å². The van der Waals surface area contributed by atoms with Crippen LogP contribution in [0.2, 0.25) is 0 Å². The number of methoxy groups -OCH3 is 1. The molecule has 0 saturated carbocycles. The SMILES string of the molecule is COC(=O)c1ccc(CNCC(C)C(C)(C)C)o1. The highest BCUT2D eigenvalue weighted by atomic mass is 16.5. The number of esters is 1. The molecule has 1 N–H and O–H groups in total. The van der Waals surface area contributed by atoms with E-state index >= 15 is 0 Å². The molecule has 0 saturated heterocycles. The molecule has 0 bridgehead atoms. The molecule has 0 fully saturated rings. The summed E-state index contributed by atoms with van der Waals surface area (Å²) in [5.41, 5.74) is 0.285. The van der Waals surface area contributed by atoms with Crippen molar-refractivity contribution < 1.29 is 13.9 Å². The second-order valence-electron chi connectivity index (χ2n) is 5.66. The second kappa shape index (κ2) is 6.05. The van der Waals surface area contributed by atoms with Gasteiger partial charge in [-0.25, -0.2) is 4.79 Å². The molecule has 4 nitrogen and oxygen atoms in total. The van der Waals surface area contributed by atoms with E-state index in [4.69, 9.17) is 4.42 Å². The van der Waals surface area contributed by atoms with E-state index in [9.17, 15) is 4.79 Å². The van der Waals surface area contributed by atoms with Crippen molar-refractivity contribution in [1.29, 1.82) is 0 Å². The highest BCUT2D eigenvalue weighted by molar-refractivity contribution is 5.86. The molecule has 0 aliphatic rings. The molecule has 0 aliphatic carbocycles. The number of nitrogens with one attached hydrogen (secondary N) is 1. The summed E-state index contributed by atoms with van der Waals surface area (Å²) in [6.45, 7) is 10.4. The summed E-state index contributed by atoms with van der Waals surface area (Å²) in [6.07, 6.45) is 0. The van der Waals surface area contributed by atoms with Crippen molar-refractivity contribution in [3.05, 3.63) is 23.7 Å². The summed E-state index contributed by atoms with van der Waals surface area (Å²) in [4.78, 5) is 11.2. The molecular formula is C14H23NO3. The summed E-state index contributed by atoms with van der Waals surface area (Å²) < 4.78 is 9.95. The fourth-order valence-corrected chi connectivity index (χ4v) is 1.40. The summed E-state index contributed by atoms with van der Waals surface area (Å²) in [6, 6.07) is 3.43. The van der Waals surface area contributed by atoms with E-state index in [0.29, 0.717) is 12.5 Å². The molecule has 18 heavy (non-hydrogen) atoms. The van der Waals surface area contributed by atoms with Crippen molar-refractivity contribution in [2.24, 2.45) is 11.3 Å². The smallest absolute Gasteiger partial charge is 0.373 e. The maximum absolute atomic E-state index is 11.2. The number of hydrogen-bond donors (Lipinski definition) is 1. The first kappa shape index (κ1) is 14.8. The van der Waals surface area contributed by atoms with Crippen molar-refractivity contribution in [3.8, 4) is 0 Å². The van der Waals surface area contributed by atoms with Gasteiger partial charge in [-0.05, 0) is 30.0 Å². The van der Waals surface area contributed by atoms with Gasteiger partial charge >= 0.3 is 5.97 Å². The van der Waals surface area contributed by atoms with Crippen LogP contribution in [-0.2, 0) is 11.3 Å². The minimum absolute atomic E-state index is 0.248. The van der Waals surface area contributed by atoms with Crippen LogP contribution in [0.3, 0.4) is 0 Å². The Kier molecular flexibility index (Phi) is 4.96. The standard InChI is InChI=1S/C14H23NO3/c1-10(14(2,3)4)8-15-9-11-6-7-12(18-11)13(16)17-5/h6-7,10,15H,8-9H2,1-5H3. The number of hydrogen-bond acceptors (Lipinski definition) is 4. The predicted octanol–water partition coefficient (Wildman–Crippen LogP) is 2.84. The molecular weight excluding hydrogens is 230 g/mol. The number of ether oxygens (including phenoxy) is 1. The fraction of sp³-hybridized carbons (Fsp3) is 0.643. The Bertz CT molecular complexity index is 390. The lowest BCUT2D eigenvalue weighted by atomic mass is 9.82. The van der Waals surface area contributed by atoms with Gasteiger partial charge in [0, 0.05) is 0 Å². The largest absolute Gasteiger partial charge is 0.463 e. The normalized spacial score (nSPS) is 13.4. The van der Waals surface area contributed by atoms with Crippen LogP contribution in [0.15, 0.2) is 16.5 Å². The van der Waals surface area contributed by atoms with Gasteiger partial charge in [-0.1, -0.05) is 27.7 Å². The number of carbonyl (C=O) groups excluding carboxylic acids is 1. The second-order valence-corrected chi connectivity index (χ2v) is 5.66. The Morgan fingerprint density at radius 2 is 2.11 bits per heavy atom. The van der Waals surface area contributed by atoms with Gasteiger partial charge < -0.3 is 14.5 Å². The first-order valence-electron chi connectivity index (χ1n) is 6.22. The highest BCUT2D eigenvalue weighted by Gasteiger charge is 2.19. The van der Waals surface area contributed by atoms with Gasteiger partial charge in [0.2, 0.25) is 5.76 Å². The lowest BCUT2D eigenvalue weighted by Crippen LogP contribution is -2.29. The zero-order valence-corrected chi connectivity index (χ0v) is 11.9. The van der Waals surface area contributed by atoms with Gasteiger partial charge in [-0.2, -0.15) is 0 Å². The zero-order valence-electron chi connectivity index (χ0n) is 11.9. The average molecular weight is 253 g/mol. The van der Waals surface area contributed by atoms with E-state index in [2.05, 4.69) is 37.7 Å². The first-order valence-corrected chi connectivity index (χ1v) is 6.22. The van der Waals surface area contributed by atoms with Crippen LogP contribution in [0.5, 0.6) is 0 Å². The van der Waals surface area contributed by atoms with Crippen LogP contribution < -0.4 is 5.32 Å². The molecule has 0 aliphatic heterocycles. The van der Waals surface area contributed by atoms with E-state index in [1.807, 2.05) is 0 Å². The fourth-order valence-electron chi connectivity index (χ4n) is 1.40. The quantitative estimate of drug-likeness (QED) is 0.820. The average Bonchev–Trinajstić information content (AvgIpc) is 2.75. The van der Waals surface area contributed by atoms with E-state index in [1.54, 1.807) is 12.1 Å². The number of carbonyl (C=O) groups is 1. The van der Waals surface area contributed by atoms with Gasteiger partial charge in [0.15, 0.2) is 0 Å². The summed E-state index contributed by atoms with van der Waals surface area (Å²) in [5, 5.41) is 3.33. The lowest BCUT2D eigenvalue weighted by molar-refractivity contribution is 0.0563. The monoisotopic (exact) mass is 253 g/mol. The lowest BCUT2D eigenvalue weighted by Gasteiger charge is -2.27. The molecule has 4 heteroatoms. The topological polar surface area (TPSA) is 51.5 Å². The van der Waals surface area contributed by atoms with E-state index in [1.165, 1.54) is 7.11 Å². The van der Waals surface area contributed by atoms with Crippen LogP contribution in [0.4, 0.5) is 0 Å². The van der Waals surface area contributed by atoms with E-state index in [0.717, 1.165) is 12.3 Å². The van der Waals surface area contributed by atoms with Crippen LogP contribution in [0.25, 0.3) is 0 Å². The summed E-state index contributed by atoms with van der Waals surface area (Å²) in [7, 11) is 1.34. The Morgan fingerprint density at radius 3 is 2.67 bits per heavy atom. The number of rotatable bonds is 5. The number of furan rings is 1. The molecule has 1 aromatic rings. The van der Waals surface area contributed by atoms with Crippen LogP contribution >= 0.6 is 0 Å². The van der Waals surface area contributed by atoms with Gasteiger partial charge in [-0.3, -0.25) is 0 Å². The zero-order chi connectivity index (χ0) is 13.8. The van der Waals surface area contributed by atoms with E-state index in [-0.39, 0.29) is 11.2 Å². The predicted molar refractivity (Wildman–Crippen MR) is 70.4 cm³/mol. The minimum atomic E-state index is -0.440. The molecule has 1 atom stereocenters. The van der Waals surface area contributed by atoms with Crippen LogP contribution in [-0.4, -0.2) is 19.6 Å². The highest BCUT2D eigenvalue weighted by Crippen LogP contribution is 2.24. The third-order valence-electron chi connectivity index (χ3n) is 3.28. The van der Waals surface area contributed by atoms with Crippen LogP contribution in [0.1, 0.15) is 44.0 Å². The molecule has 0 radical (unpaired) electrons. The van der Waals surface area contributed by atoms with E-state index < -0.39 is 5.97 Å². The minimum Gasteiger partial charge on any atom is -0.463 e. The van der Waals surface area contributed by atoms with Gasteiger partial charge in [0.1, 0.15) is 5.76 Å². The van der Waals surface area contributed by atoms with Crippen LogP contribution in [0, 0.1) is 11.3 Å². The Morgan fingerprint density at radius 1 is 1.44 bits per heavy atom. The summed E-state index contributed by atoms with van der Waals surface area (Å²) in [5.74, 6) is 1.12. The molecule has 1 aromatic heterocycles. The molecule has 0 amide bonds. The Balaban J connectivity index is 2.41. The Hall–Kier alpha value is -1.29. The maximum atomic E-state index is 11.2. The summed E-state index contributed by atoms with van der Waals surface area (Å²) >= 11 is 0. The molecule has 1 rings (SSSR count). The van der Waals surface area contributed by atoms with Crippen molar-refractivity contribution in [1.82, 2.24) is 5.32 Å². The molecule has 1 heterocycles. The maximum Gasteiger partial charge on any atom is 0.373 e. The van der Waals surface area contributed by atoms with Crippen molar-refractivity contribution in [2.75, 3.05) is 13.7 Å². The first-order chi connectivity index (χ1) is 8.34. The molecule has 0 spiro atoms.